The zero-order valence-corrected chi connectivity index (χ0v) is 19.8. The fourth-order valence-corrected chi connectivity index (χ4v) is 3.32. The topological polar surface area (TPSA) is 219 Å². The number of carboxylic acids is 1. The molecule has 2 aromatic rings. The molecule has 13 nitrogen and oxygen atoms in total. The van der Waals surface area contributed by atoms with Crippen LogP contribution in [0.4, 0.5) is 5.69 Å². The highest BCUT2D eigenvalue weighted by molar-refractivity contribution is 5.99. The lowest BCUT2D eigenvalue weighted by molar-refractivity contribution is -0.137. The van der Waals surface area contributed by atoms with Crippen molar-refractivity contribution in [3.05, 3.63) is 40.2 Å². The van der Waals surface area contributed by atoms with Crippen molar-refractivity contribution >= 4 is 46.3 Å². The third kappa shape index (κ3) is 9.44. The van der Waals surface area contributed by atoms with Gasteiger partial charge in [-0.1, -0.05) is 0 Å². The number of hydrogen-bond donors (Lipinski definition) is 6. The standard InChI is InChI=1S/C23H30N6O7/c1-13-10-21(34)36-17-11-14(7-8-15(13)17)28-22(35)16(4-3-9-26-23(24)25)29-19(31)12-27-18(30)5-2-6-20(32)33/h7-8,10-11,16H,2-6,9,12H2,1H3,(H,27,30)(H,28,35)(H,29,31)(H,32,33)(H4,24,25,26)/t16-/m0/s1. The summed E-state index contributed by atoms with van der Waals surface area (Å²) < 4.78 is 5.20. The molecule has 0 radical (unpaired) electrons. The maximum Gasteiger partial charge on any atom is 0.336 e. The molecular formula is C23H30N6O7. The van der Waals surface area contributed by atoms with E-state index in [1.807, 2.05) is 0 Å². The Morgan fingerprint density at radius 2 is 1.83 bits per heavy atom. The Labute approximate surface area is 206 Å². The second-order valence-corrected chi connectivity index (χ2v) is 8.04. The van der Waals surface area contributed by atoms with Gasteiger partial charge in [-0.25, -0.2) is 4.79 Å². The number of guanidine groups is 1. The highest BCUT2D eigenvalue weighted by Crippen LogP contribution is 2.21. The highest BCUT2D eigenvalue weighted by atomic mass is 16.4. The SMILES string of the molecule is Cc1cc(=O)oc2cc(NC(=O)[C@H](CCCN=C(N)N)NC(=O)CNC(=O)CCCC(=O)O)ccc12. The number of anilines is 1. The normalized spacial score (nSPS) is 11.4. The minimum Gasteiger partial charge on any atom is -0.481 e. The number of nitrogens with zero attached hydrogens (tertiary/aromatic N) is 1. The lowest BCUT2D eigenvalue weighted by Gasteiger charge is -2.19. The van der Waals surface area contributed by atoms with Crippen LogP contribution in [0.15, 0.2) is 38.5 Å². The van der Waals surface area contributed by atoms with E-state index in [9.17, 15) is 24.0 Å². The van der Waals surface area contributed by atoms with Crippen molar-refractivity contribution < 1.29 is 28.7 Å². The molecule has 0 aliphatic heterocycles. The van der Waals surface area contributed by atoms with Crippen molar-refractivity contribution in [2.75, 3.05) is 18.4 Å². The van der Waals surface area contributed by atoms with Crippen LogP contribution >= 0.6 is 0 Å². The third-order valence-corrected chi connectivity index (χ3v) is 5.06. The third-order valence-electron chi connectivity index (χ3n) is 5.06. The fourth-order valence-electron chi connectivity index (χ4n) is 3.32. The van der Waals surface area contributed by atoms with Gasteiger partial charge in [-0.2, -0.15) is 0 Å². The quantitative estimate of drug-likeness (QED) is 0.0934. The second-order valence-electron chi connectivity index (χ2n) is 8.04. The molecule has 13 heteroatoms. The van der Waals surface area contributed by atoms with E-state index in [2.05, 4.69) is 20.9 Å². The molecule has 0 saturated carbocycles. The molecule has 0 saturated heterocycles. The molecule has 0 aliphatic rings. The molecule has 1 atom stereocenters. The number of carboxylic acid groups (broad SMARTS) is 1. The summed E-state index contributed by atoms with van der Waals surface area (Å²) in [4.78, 5) is 63.2. The largest absolute Gasteiger partial charge is 0.481 e. The number of amides is 3. The average Bonchev–Trinajstić information content (AvgIpc) is 2.78. The molecule has 0 bridgehead atoms. The number of carbonyl (C=O) groups excluding carboxylic acids is 3. The van der Waals surface area contributed by atoms with Crippen molar-refractivity contribution in [2.45, 2.75) is 45.1 Å². The lowest BCUT2D eigenvalue weighted by atomic mass is 10.1. The number of aryl methyl sites for hydroxylation is 1. The number of aliphatic carboxylic acids is 1. The summed E-state index contributed by atoms with van der Waals surface area (Å²) in [5.41, 5.74) is 11.5. The monoisotopic (exact) mass is 502 g/mol. The van der Waals surface area contributed by atoms with Gasteiger partial charge in [0.05, 0.1) is 6.54 Å². The van der Waals surface area contributed by atoms with Crippen LogP contribution in [0.25, 0.3) is 11.0 Å². The van der Waals surface area contributed by atoms with Gasteiger partial charge >= 0.3 is 11.6 Å². The van der Waals surface area contributed by atoms with Crippen LogP contribution < -0.4 is 33.0 Å². The summed E-state index contributed by atoms with van der Waals surface area (Å²) in [5, 5.41) is 17.0. The number of benzene rings is 1. The van der Waals surface area contributed by atoms with Gasteiger partial charge in [0.15, 0.2) is 5.96 Å². The molecule has 0 aliphatic carbocycles. The first-order chi connectivity index (χ1) is 17.0. The van der Waals surface area contributed by atoms with Gasteiger partial charge in [-0.15, -0.1) is 0 Å². The maximum absolute atomic E-state index is 12.9. The Balaban J connectivity index is 2.03. The molecule has 0 spiro atoms. The summed E-state index contributed by atoms with van der Waals surface area (Å²) in [6.45, 7) is 1.62. The summed E-state index contributed by atoms with van der Waals surface area (Å²) >= 11 is 0. The van der Waals surface area contributed by atoms with E-state index in [4.69, 9.17) is 21.0 Å². The van der Waals surface area contributed by atoms with Crippen LogP contribution in [0.2, 0.25) is 0 Å². The van der Waals surface area contributed by atoms with E-state index in [-0.39, 0.29) is 44.7 Å². The Bertz CT molecular complexity index is 1200. The summed E-state index contributed by atoms with van der Waals surface area (Å²) in [7, 11) is 0. The molecule has 2 rings (SSSR count). The molecule has 0 fully saturated rings. The maximum atomic E-state index is 12.9. The Morgan fingerprint density at radius 3 is 2.53 bits per heavy atom. The molecule has 1 aromatic heterocycles. The van der Waals surface area contributed by atoms with E-state index in [0.29, 0.717) is 23.1 Å². The van der Waals surface area contributed by atoms with Gasteiger partial charge in [0.25, 0.3) is 0 Å². The van der Waals surface area contributed by atoms with E-state index in [1.54, 1.807) is 19.1 Å². The van der Waals surface area contributed by atoms with Crippen molar-refractivity contribution in [3.8, 4) is 0 Å². The summed E-state index contributed by atoms with van der Waals surface area (Å²) in [5.74, 6) is -2.73. The van der Waals surface area contributed by atoms with Crippen molar-refractivity contribution in [2.24, 2.45) is 16.5 Å². The first-order valence-corrected chi connectivity index (χ1v) is 11.2. The Morgan fingerprint density at radius 1 is 1.08 bits per heavy atom. The van der Waals surface area contributed by atoms with Crippen LogP contribution in [0, 0.1) is 6.92 Å². The van der Waals surface area contributed by atoms with Gasteiger partial charge in [-0.3, -0.25) is 24.2 Å². The predicted octanol–water partition coefficient (Wildman–Crippen LogP) is -0.0506. The van der Waals surface area contributed by atoms with Gasteiger partial charge in [0.1, 0.15) is 11.6 Å². The number of aliphatic imine (C=N–C) groups is 1. The summed E-state index contributed by atoms with van der Waals surface area (Å²) in [6, 6.07) is 5.25. The highest BCUT2D eigenvalue weighted by Gasteiger charge is 2.21. The van der Waals surface area contributed by atoms with Gasteiger partial charge in [0, 0.05) is 42.6 Å². The van der Waals surface area contributed by atoms with Crippen molar-refractivity contribution in [1.29, 1.82) is 0 Å². The molecule has 0 unspecified atom stereocenters. The number of nitrogens with one attached hydrogen (secondary N) is 3. The average molecular weight is 503 g/mol. The first kappa shape index (κ1) is 27.8. The van der Waals surface area contributed by atoms with Crippen LogP contribution in [-0.2, 0) is 19.2 Å². The number of hydrogen-bond acceptors (Lipinski definition) is 7. The lowest BCUT2D eigenvalue weighted by Crippen LogP contribution is -2.47. The molecule has 1 aromatic carbocycles. The molecule has 36 heavy (non-hydrogen) atoms. The number of carbonyl (C=O) groups is 4. The zero-order valence-electron chi connectivity index (χ0n) is 19.8. The molecule has 1 heterocycles. The van der Waals surface area contributed by atoms with E-state index in [0.717, 1.165) is 5.56 Å². The smallest absolute Gasteiger partial charge is 0.336 e. The van der Waals surface area contributed by atoms with E-state index >= 15 is 0 Å². The summed E-state index contributed by atoms with van der Waals surface area (Å²) in [6.07, 6.45) is 0.519. The van der Waals surface area contributed by atoms with Crippen LogP contribution in [0.3, 0.4) is 0 Å². The van der Waals surface area contributed by atoms with Crippen molar-refractivity contribution in [3.63, 3.8) is 0 Å². The number of nitrogens with two attached hydrogens (primary N) is 2. The number of fused-ring (bicyclic) bond motifs is 1. The van der Waals surface area contributed by atoms with Crippen LogP contribution in [0.1, 0.15) is 37.7 Å². The van der Waals surface area contributed by atoms with Gasteiger partial charge in [-0.05, 0) is 43.9 Å². The first-order valence-electron chi connectivity index (χ1n) is 11.2. The van der Waals surface area contributed by atoms with Crippen LogP contribution in [-0.4, -0.2) is 53.9 Å². The molecule has 8 N–H and O–H groups in total. The minimum atomic E-state index is -1.01. The second kappa shape index (κ2) is 13.5. The van der Waals surface area contributed by atoms with E-state index < -0.39 is 35.4 Å². The zero-order chi connectivity index (χ0) is 26.7. The fraction of sp³-hybridized carbons (Fsp3) is 0.391. The predicted molar refractivity (Wildman–Crippen MR) is 132 cm³/mol. The Hall–Kier alpha value is -4.42. The molecule has 194 valence electrons. The van der Waals surface area contributed by atoms with Crippen LogP contribution in [0.5, 0.6) is 0 Å². The Kier molecular flexibility index (Phi) is 10.4. The van der Waals surface area contributed by atoms with Gasteiger partial charge in [0.2, 0.25) is 17.7 Å². The van der Waals surface area contributed by atoms with Gasteiger partial charge < -0.3 is 36.9 Å². The molecular weight excluding hydrogens is 472 g/mol. The molecule has 3 amide bonds. The minimum absolute atomic E-state index is 0.0421. The van der Waals surface area contributed by atoms with Crippen molar-refractivity contribution in [1.82, 2.24) is 10.6 Å². The van der Waals surface area contributed by atoms with E-state index in [1.165, 1.54) is 12.1 Å². The number of rotatable bonds is 13.